The molecule has 3 atom stereocenters. The second-order valence-corrected chi connectivity index (χ2v) is 12.3. The van der Waals surface area contributed by atoms with Crippen molar-refractivity contribution in [2.75, 3.05) is 23.8 Å². The van der Waals surface area contributed by atoms with Gasteiger partial charge in [0.2, 0.25) is 0 Å². The van der Waals surface area contributed by atoms with Crippen LogP contribution >= 0.6 is 0 Å². The van der Waals surface area contributed by atoms with Crippen LogP contribution in [0.25, 0.3) is 0 Å². The lowest BCUT2D eigenvalue weighted by Crippen LogP contribution is -2.45. The van der Waals surface area contributed by atoms with E-state index in [4.69, 9.17) is 0 Å². The lowest BCUT2D eigenvalue weighted by atomic mass is 9.87. The molecule has 3 aromatic carbocycles. The van der Waals surface area contributed by atoms with Crippen molar-refractivity contribution in [3.05, 3.63) is 95.6 Å². The summed E-state index contributed by atoms with van der Waals surface area (Å²) in [6, 6.07) is 24.4. The van der Waals surface area contributed by atoms with Crippen LogP contribution in [0.5, 0.6) is 0 Å². The van der Waals surface area contributed by atoms with Crippen molar-refractivity contribution >= 4 is 21.4 Å². The van der Waals surface area contributed by atoms with Crippen molar-refractivity contribution in [2.24, 2.45) is 0 Å². The number of halogens is 2. The van der Waals surface area contributed by atoms with Crippen LogP contribution in [0.15, 0.2) is 83.8 Å². The Morgan fingerprint density at radius 3 is 2.34 bits per heavy atom. The van der Waals surface area contributed by atoms with Crippen molar-refractivity contribution in [3.8, 4) is 6.07 Å². The first-order chi connectivity index (χ1) is 19.7. The highest BCUT2D eigenvalue weighted by Crippen LogP contribution is 2.34. The van der Waals surface area contributed by atoms with Crippen LogP contribution in [0.2, 0.25) is 0 Å². The Hall–Kier alpha value is -3.81. The molecule has 4 rings (SSSR count). The van der Waals surface area contributed by atoms with Crippen molar-refractivity contribution < 1.29 is 26.7 Å². The van der Waals surface area contributed by atoms with Crippen LogP contribution in [0.4, 0.5) is 14.5 Å². The molecule has 1 aliphatic heterocycles. The molecule has 0 aliphatic carbocycles. The van der Waals surface area contributed by atoms with Gasteiger partial charge in [-0.1, -0.05) is 49.4 Å². The molecule has 0 saturated carbocycles. The number of carbonyl (C=O) groups excluding carboxylic acids is 1. The van der Waals surface area contributed by atoms with Crippen LogP contribution in [-0.2, 0) is 14.6 Å². The number of anilines is 1. The number of nitrogens with one attached hydrogen (secondary N) is 1. The number of alkyl halides is 2. The zero-order valence-electron chi connectivity index (χ0n) is 22.7. The van der Waals surface area contributed by atoms with E-state index in [0.717, 1.165) is 12.1 Å². The number of rotatable bonds is 11. The molecular weight excluding hydrogens is 548 g/mol. The summed E-state index contributed by atoms with van der Waals surface area (Å²) in [4.78, 5) is 15.4. The van der Waals surface area contributed by atoms with E-state index in [1.54, 1.807) is 43.3 Å². The Bertz CT molecular complexity index is 1440. The lowest BCUT2D eigenvalue weighted by Gasteiger charge is -2.41. The summed E-state index contributed by atoms with van der Waals surface area (Å²) in [7, 11) is -3.37. The number of sulfone groups is 1. The van der Waals surface area contributed by atoms with Crippen molar-refractivity contribution in [3.63, 3.8) is 0 Å². The predicted octanol–water partition coefficient (Wildman–Crippen LogP) is 5.86. The Kier molecular flexibility index (Phi) is 10.1. The Morgan fingerprint density at radius 2 is 1.73 bits per heavy atom. The zero-order valence-corrected chi connectivity index (χ0v) is 23.6. The van der Waals surface area contributed by atoms with E-state index in [9.17, 15) is 27.3 Å². The van der Waals surface area contributed by atoms with Crippen LogP contribution in [-0.4, -0.2) is 45.9 Å². The Labute approximate surface area is 239 Å². The summed E-state index contributed by atoms with van der Waals surface area (Å²) in [6.07, 6.45) is 1.54. The molecule has 7 nitrogen and oxygen atoms in total. The molecule has 0 aromatic heterocycles. The van der Waals surface area contributed by atoms with Gasteiger partial charge in [0.15, 0.2) is 9.84 Å². The summed E-state index contributed by atoms with van der Waals surface area (Å²) in [5.41, 5.74) is 2.98. The van der Waals surface area contributed by atoms with E-state index in [0.29, 0.717) is 24.1 Å². The van der Waals surface area contributed by atoms with Gasteiger partial charge < -0.3 is 15.0 Å². The first-order valence-corrected chi connectivity index (χ1v) is 15.2. The summed E-state index contributed by atoms with van der Waals surface area (Å²) in [6.45, 7) is -0.753. The lowest BCUT2D eigenvalue weighted by molar-refractivity contribution is -0.133. The molecule has 1 heterocycles. The fourth-order valence-electron chi connectivity index (χ4n) is 5.16. The van der Waals surface area contributed by atoms with Crippen LogP contribution in [0.1, 0.15) is 59.6 Å². The average Bonchev–Trinajstić information content (AvgIpc) is 3.00. The van der Waals surface area contributed by atoms with Gasteiger partial charge >= 0.3 is 6.61 Å². The van der Waals surface area contributed by atoms with Gasteiger partial charge in [-0.15, -0.1) is 0 Å². The first-order valence-electron chi connectivity index (χ1n) is 13.5. The molecule has 10 heteroatoms. The van der Waals surface area contributed by atoms with Gasteiger partial charge in [0, 0.05) is 23.7 Å². The highest BCUT2D eigenvalue weighted by Gasteiger charge is 2.30. The van der Waals surface area contributed by atoms with E-state index in [2.05, 4.69) is 33.2 Å². The number of nitrogens with zero attached hydrogens (tertiary/aromatic N) is 2. The molecule has 0 unspecified atom stereocenters. The van der Waals surface area contributed by atoms with Gasteiger partial charge in [-0.2, -0.15) is 14.0 Å². The van der Waals surface area contributed by atoms with Gasteiger partial charge in [0.1, 0.15) is 0 Å². The minimum Gasteiger partial charge on any atom is -0.366 e. The maximum atomic E-state index is 13.1. The normalized spacial score (nSPS) is 18.1. The topological polar surface area (TPSA) is 99.5 Å². The minimum absolute atomic E-state index is 0.00413. The van der Waals surface area contributed by atoms with E-state index in [1.807, 2.05) is 18.2 Å². The molecule has 0 spiro atoms. The van der Waals surface area contributed by atoms with Gasteiger partial charge in [-0.3, -0.25) is 4.79 Å². The van der Waals surface area contributed by atoms with Crippen molar-refractivity contribution in [1.29, 1.82) is 5.26 Å². The monoisotopic (exact) mass is 581 g/mol. The molecule has 1 fully saturated rings. The summed E-state index contributed by atoms with van der Waals surface area (Å²) >= 11 is 0. The first kappa shape index (κ1) is 30.2. The number of amides is 1. The summed E-state index contributed by atoms with van der Waals surface area (Å²) in [5, 5.41) is 12.2. The Morgan fingerprint density at radius 1 is 1.05 bits per heavy atom. The smallest absolute Gasteiger partial charge is 0.345 e. The average molecular weight is 582 g/mol. The predicted molar refractivity (Wildman–Crippen MR) is 153 cm³/mol. The minimum atomic E-state index is -3.37. The van der Waals surface area contributed by atoms with Crippen LogP contribution < -0.4 is 10.2 Å². The largest absolute Gasteiger partial charge is 0.366 e. The second kappa shape index (κ2) is 13.7. The fourth-order valence-corrected chi connectivity index (χ4v) is 6.05. The second-order valence-electron chi connectivity index (χ2n) is 9.99. The molecular formula is C31H33F2N3O4S. The van der Waals surface area contributed by atoms with Crippen molar-refractivity contribution in [2.45, 2.75) is 55.7 Å². The molecule has 0 bridgehead atoms. The number of carbonyl (C=O) groups is 1. The number of ether oxygens (including phenoxy) is 1. The molecule has 1 amide bonds. The summed E-state index contributed by atoms with van der Waals surface area (Å²) in [5.74, 6) is -0.182. The third kappa shape index (κ3) is 7.69. The number of benzene rings is 3. The number of hydrogen-bond acceptors (Lipinski definition) is 6. The Balaban J connectivity index is 1.50. The molecule has 1 saturated heterocycles. The molecule has 41 heavy (non-hydrogen) atoms. The SMILES string of the molecule is CCS(=O)(=O)c1ccc([C@H](CC#N)NC(=O)c2ccc(N3C[C@H](c4ccccc4)CC[C@H]3COC(F)F)cc2)cc1. The standard InChI is InChI=1S/C31H33F2N3O4S/c1-2-41(38,39)28-16-11-23(12-17-28)29(18-19-34)35-30(37)24-8-13-26(14-9-24)36-20-25(22-6-4-3-5-7-22)10-15-27(36)21-40-31(32)33/h3-9,11-14,16-17,25,27,29,31H,2,10,15,18,20-21H2,1H3,(H,35,37)/t25-,27+,29+/m1/s1. The van der Waals surface area contributed by atoms with Gasteiger partial charge in [0.25, 0.3) is 5.91 Å². The molecule has 3 aromatic rings. The van der Waals surface area contributed by atoms with Gasteiger partial charge in [0.05, 0.1) is 41.8 Å². The molecule has 1 aliphatic rings. The maximum absolute atomic E-state index is 13.1. The molecule has 1 N–H and O–H groups in total. The zero-order chi connectivity index (χ0) is 29.4. The highest BCUT2D eigenvalue weighted by atomic mass is 32.2. The van der Waals surface area contributed by atoms with E-state index in [-0.39, 0.29) is 41.5 Å². The molecule has 216 valence electrons. The third-order valence-electron chi connectivity index (χ3n) is 7.48. The van der Waals surface area contributed by atoms with Gasteiger partial charge in [-0.05, 0) is 60.4 Å². The van der Waals surface area contributed by atoms with Crippen LogP contribution in [0, 0.1) is 11.3 Å². The van der Waals surface area contributed by atoms with E-state index >= 15 is 0 Å². The highest BCUT2D eigenvalue weighted by molar-refractivity contribution is 7.91. The summed E-state index contributed by atoms with van der Waals surface area (Å²) < 4.78 is 54.6. The van der Waals surface area contributed by atoms with E-state index < -0.39 is 22.5 Å². The van der Waals surface area contributed by atoms with Gasteiger partial charge in [-0.25, -0.2) is 8.42 Å². The third-order valence-corrected chi connectivity index (χ3v) is 9.23. The number of hydrogen-bond donors (Lipinski definition) is 1. The number of piperidine rings is 1. The maximum Gasteiger partial charge on any atom is 0.345 e. The van der Waals surface area contributed by atoms with E-state index in [1.165, 1.54) is 17.7 Å². The fraction of sp³-hybridized carbons (Fsp3) is 0.355. The van der Waals surface area contributed by atoms with Crippen molar-refractivity contribution in [1.82, 2.24) is 5.32 Å². The van der Waals surface area contributed by atoms with Crippen LogP contribution in [0.3, 0.4) is 0 Å². The molecule has 0 radical (unpaired) electrons. The quantitative estimate of drug-likeness (QED) is 0.305. The number of nitriles is 1.